The number of likely N-dealkylation sites (tertiary alicyclic amines) is 1. The van der Waals surface area contributed by atoms with Crippen molar-refractivity contribution in [3.63, 3.8) is 0 Å². The molecule has 2 N–H and O–H groups in total. The van der Waals surface area contributed by atoms with Gasteiger partial charge >= 0.3 is 0 Å². The van der Waals surface area contributed by atoms with Gasteiger partial charge in [-0.15, -0.1) is 10.2 Å². The number of thioether (sulfide) groups is 1. The summed E-state index contributed by atoms with van der Waals surface area (Å²) in [4.78, 5) is 2.52. The Balaban J connectivity index is 1.81. The van der Waals surface area contributed by atoms with Crippen LogP contribution in [0.4, 0.5) is 4.39 Å². The third-order valence-corrected chi connectivity index (χ3v) is 5.54. The zero-order valence-electron chi connectivity index (χ0n) is 14.0. The number of nitrogens with two attached hydrogens (primary N) is 1. The van der Waals surface area contributed by atoms with Gasteiger partial charge in [-0.1, -0.05) is 18.7 Å². The van der Waals surface area contributed by atoms with Crippen LogP contribution < -0.4 is 5.73 Å². The van der Waals surface area contributed by atoms with Gasteiger partial charge in [0.2, 0.25) is 0 Å². The highest BCUT2D eigenvalue weighted by molar-refractivity contribution is 7.99. The van der Waals surface area contributed by atoms with E-state index in [1.54, 1.807) is 23.9 Å². The average molecular weight is 349 g/mol. The number of rotatable bonds is 7. The van der Waals surface area contributed by atoms with E-state index in [4.69, 9.17) is 5.73 Å². The Kier molecular flexibility index (Phi) is 5.86. The molecule has 0 spiro atoms. The molecular formula is C17H24FN5S. The molecule has 2 heterocycles. The molecule has 1 aliphatic rings. The first-order valence-electron chi connectivity index (χ1n) is 8.50. The number of hydrogen-bond acceptors (Lipinski definition) is 5. The van der Waals surface area contributed by atoms with E-state index >= 15 is 0 Å². The second kappa shape index (κ2) is 8.09. The second-order valence-corrected chi connectivity index (χ2v) is 6.97. The summed E-state index contributed by atoms with van der Waals surface area (Å²) < 4.78 is 15.2. The van der Waals surface area contributed by atoms with E-state index in [0.29, 0.717) is 19.0 Å². The van der Waals surface area contributed by atoms with Crippen LogP contribution in [0.3, 0.4) is 0 Å². The van der Waals surface area contributed by atoms with Gasteiger partial charge in [-0.3, -0.25) is 9.47 Å². The Labute approximate surface area is 146 Å². The lowest BCUT2D eigenvalue weighted by Gasteiger charge is -2.22. The molecule has 0 radical (unpaired) electrons. The van der Waals surface area contributed by atoms with Crippen molar-refractivity contribution in [1.29, 1.82) is 0 Å². The van der Waals surface area contributed by atoms with Crippen LogP contribution in [0.5, 0.6) is 0 Å². The lowest BCUT2D eigenvalue weighted by atomic mass is 10.2. The van der Waals surface area contributed by atoms with Gasteiger partial charge in [-0.2, -0.15) is 0 Å². The van der Waals surface area contributed by atoms with Crippen molar-refractivity contribution in [3.8, 4) is 5.69 Å². The van der Waals surface area contributed by atoms with Crippen LogP contribution in [-0.2, 0) is 6.42 Å². The molecular weight excluding hydrogens is 325 g/mol. The maximum absolute atomic E-state index is 13.2. The molecule has 5 nitrogen and oxygen atoms in total. The summed E-state index contributed by atoms with van der Waals surface area (Å²) in [5.74, 6) is 1.58. The Bertz CT molecular complexity index is 658. The fourth-order valence-corrected chi connectivity index (χ4v) is 4.36. The lowest BCUT2D eigenvalue weighted by molar-refractivity contribution is 0.287. The Morgan fingerprint density at radius 2 is 2.08 bits per heavy atom. The third-order valence-electron chi connectivity index (χ3n) is 4.46. The van der Waals surface area contributed by atoms with E-state index < -0.39 is 0 Å². The SMILES string of the molecule is CCN1CCC[C@@H]1CSc1nnc(CCN)n1-c1ccc(F)cc1. The Morgan fingerprint density at radius 1 is 1.29 bits per heavy atom. The molecule has 1 aliphatic heterocycles. The summed E-state index contributed by atoms with van der Waals surface area (Å²) in [5, 5.41) is 9.50. The maximum Gasteiger partial charge on any atom is 0.195 e. The highest BCUT2D eigenvalue weighted by atomic mass is 32.2. The number of nitrogens with zero attached hydrogens (tertiary/aromatic N) is 4. The monoisotopic (exact) mass is 349 g/mol. The normalized spacial score (nSPS) is 18.4. The van der Waals surface area contributed by atoms with Crippen molar-refractivity contribution in [2.45, 2.75) is 37.4 Å². The fourth-order valence-electron chi connectivity index (χ4n) is 3.21. The second-order valence-electron chi connectivity index (χ2n) is 5.98. The summed E-state index contributed by atoms with van der Waals surface area (Å²) in [6.45, 7) is 5.00. The first-order chi connectivity index (χ1) is 11.7. The molecule has 0 unspecified atom stereocenters. The molecule has 0 aliphatic carbocycles. The molecule has 1 saturated heterocycles. The van der Waals surface area contributed by atoms with Crippen LogP contribution in [-0.4, -0.2) is 51.1 Å². The Hall–Kier alpha value is -1.44. The summed E-state index contributed by atoms with van der Waals surface area (Å²) in [5.41, 5.74) is 6.58. The van der Waals surface area contributed by atoms with Gasteiger partial charge in [0.05, 0.1) is 0 Å². The van der Waals surface area contributed by atoms with Crippen LogP contribution in [0, 0.1) is 5.82 Å². The van der Waals surface area contributed by atoms with Gasteiger partial charge in [0, 0.05) is 23.9 Å². The van der Waals surface area contributed by atoms with Gasteiger partial charge in [-0.05, 0) is 56.7 Å². The first-order valence-corrected chi connectivity index (χ1v) is 9.48. The van der Waals surface area contributed by atoms with Gasteiger partial charge in [-0.25, -0.2) is 4.39 Å². The molecule has 1 aromatic heterocycles. The number of benzene rings is 1. The molecule has 1 fully saturated rings. The van der Waals surface area contributed by atoms with Crippen molar-refractivity contribution in [2.24, 2.45) is 5.73 Å². The smallest absolute Gasteiger partial charge is 0.195 e. The molecule has 1 atom stereocenters. The van der Waals surface area contributed by atoms with Crippen LogP contribution in [0.15, 0.2) is 29.4 Å². The standard InChI is InChI=1S/C17H24FN5S/c1-2-22-11-3-4-15(22)12-24-17-21-20-16(9-10-19)23(17)14-7-5-13(18)6-8-14/h5-8,15H,2-4,9-12,19H2,1H3/t15-/m1/s1. The van der Waals surface area contributed by atoms with Crippen LogP contribution in [0.25, 0.3) is 5.69 Å². The van der Waals surface area contributed by atoms with Gasteiger partial charge in [0.25, 0.3) is 0 Å². The van der Waals surface area contributed by atoms with Gasteiger partial charge < -0.3 is 5.73 Å². The Morgan fingerprint density at radius 3 is 2.79 bits per heavy atom. The summed E-state index contributed by atoms with van der Waals surface area (Å²) in [7, 11) is 0. The van der Waals surface area contributed by atoms with Crippen molar-refractivity contribution < 1.29 is 4.39 Å². The van der Waals surface area contributed by atoms with Crippen molar-refractivity contribution in [1.82, 2.24) is 19.7 Å². The van der Waals surface area contributed by atoms with E-state index in [-0.39, 0.29) is 5.82 Å². The molecule has 7 heteroatoms. The fraction of sp³-hybridized carbons (Fsp3) is 0.529. The lowest BCUT2D eigenvalue weighted by Crippen LogP contribution is -2.31. The van der Waals surface area contributed by atoms with Gasteiger partial charge in [0.1, 0.15) is 11.6 Å². The number of aromatic nitrogens is 3. The summed E-state index contributed by atoms with van der Waals surface area (Å²) in [6.07, 6.45) is 3.15. The predicted molar refractivity (Wildman–Crippen MR) is 95.1 cm³/mol. The molecule has 2 aromatic rings. The van der Waals surface area contributed by atoms with E-state index in [9.17, 15) is 4.39 Å². The predicted octanol–water partition coefficient (Wildman–Crippen LogP) is 2.48. The largest absolute Gasteiger partial charge is 0.330 e. The maximum atomic E-state index is 13.2. The van der Waals surface area contributed by atoms with Crippen molar-refractivity contribution >= 4 is 11.8 Å². The molecule has 0 saturated carbocycles. The highest BCUT2D eigenvalue weighted by Crippen LogP contribution is 2.27. The summed E-state index contributed by atoms with van der Waals surface area (Å²) >= 11 is 1.72. The third kappa shape index (κ3) is 3.79. The van der Waals surface area contributed by atoms with Crippen molar-refractivity contribution in [3.05, 3.63) is 35.9 Å². The quantitative estimate of drug-likeness (QED) is 0.778. The average Bonchev–Trinajstić information content (AvgIpc) is 3.20. The van der Waals surface area contributed by atoms with E-state index in [1.807, 2.05) is 4.57 Å². The van der Waals surface area contributed by atoms with Crippen molar-refractivity contribution in [2.75, 3.05) is 25.4 Å². The van der Waals surface area contributed by atoms with Crippen LogP contribution in [0.2, 0.25) is 0 Å². The topological polar surface area (TPSA) is 60.0 Å². The number of halogens is 1. The molecule has 0 bridgehead atoms. The number of hydrogen-bond donors (Lipinski definition) is 1. The minimum absolute atomic E-state index is 0.244. The minimum Gasteiger partial charge on any atom is -0.330 e. The van der Waals surface area contributed by atoms with Gasteiger partial charge in [0.15, 0.2) is 5.16 Å². The van der Waals surface area contributed by atoms with E-state index in [2.05, 4.69) is 22.0 Å². The summed E-state index contributed by atoms with van der Waals surface area (Å²) in [6, 6.07) is 7.04. The minimum atomic E-state index is -0.244. The molecule has 130 valence electrons. The molecule has 3 rings (SSSR count). The molecule has 24 heavy (non-hydrogen) atoms. The zero-order chi connectivity index (χ0) is 16.9. The highest BCUT2D eigenvalue weighted by Gasteiger charge is 2.24. The molecule has 0 amide bonds. The van der Waals surface area contributed by atoms with E-state index in [1.165, 1.54) is 31.5 Å². The zero-order valence-corrected chi connectivity index (χ0v) is 14.8. The van der Waals surface area contributed by atoms with Crippen LogP contribution in [0.1, 0.15) is 25.6 Å². The molecule has 1 aromatic carbocycles. The first kappa shape index (κ1) is 17.4. The van der Waals surface area contributed by atoms with Crippen LogP contribution >= 0.6 is 11.8 Å². The van der Waals surface area contributed by atoms with E-state index in [0.717, 1.165) is 29.0 Å².